The van der Waals surface area contributed by atoms with Crippen LogP contribution in [-0.4, -0.2) is 48.4 Å². The molecule has 0 bridgehead atoms. The Morgan fingerprint density at radius 1 is 0.971 bits per heavy atom. The molecule has 0 unspecified atom stereocenters. The van der Waals surface area contributed by atoms with Crippen LogP contribution in [0.3, 0.4) is 0 Å². The summed E-state index contributed by atoms with van der Waals surface area (Å²) >= 11 is 5.93. The number of aryl methyl sites for hydroxylation is 1. The molecule has 9 nitrogen and oxygen atoms in total. The van der Waals surface area contributed by atoms with Gasteiger partial charge >= 0.3 is 11.9 Å². The number of carbonyl (C=O) groups excluding carboxylic acids is 4. The number of nitriles is 1. The molecule has 10 heteroatoms. The van der Waals surface area contributed by atoms with Crippen LogP contribution in [0.2, 0.25) is 0 Å². The van der Waals surface area contributed by atoms with Gasteiger partial charge in [0, 0.05) is 37.6 Å². The van der Waals surface area contributed by atoms with Gasteiger partial charge in [-0.05, 0) is 48.4 Å². The maximum absolute atomic E-state index is 13.6. The molecule has 0 radical (unpaired) electrons. The lowest BCUT2D eigenvalue weighted by molar-refractivity contribution is -0.172. The zero-order valence-corrected chi connectivity index (χ0v) is 20.4. The van der Waals surface area contributed by atoms with E-state index in [1.54, 1.807) is 12.1 Å². The number of nitrogens with one attached hydrogen (secondary N) is 1. The van der Waals surface area contributed by atoms with E-state index < -0.39 is 36.0 Å². The minimum Gasteiger partial charge on any atom is -0.448 e. The highest BCUT2D eigenvalue weighted by Gasteiger charge is 2.42. The molecule has 0 heterocycles. The first kappa shape index (κ1) is 27.3. The van der Waals surface area contributed by atoms with E-state index in [-0.39, 0.29) is 18.1 Å². The first-order chi connectivity index (χ1) is 16.7. The number of amides is 2. The first-order valence-electron chi connectivity index (χ1n) is 10.8. The lowest BCUT2D eigenvalue weighted by Gasteiger charge is -2.30. The van der Waals surface area contributed by atoms with Crippen molar-refractivity contribution >= 4 is 46.7 Å². The van der Waals surface area contributed by atoms with Crippen LogP contribution < -0.4 is 10.2 Å². The van der Waals surface area contributed by atoms with Crippen molar-refractivity contribution in [1.82, 2.24) is 0 Å². The minimum atomic E-state index is -1.78. The second kappa shape index (κ2) is 13.1. The van der Waals surface area contributed by atoms with E-state index in [0.29, 0.717) is 11.3 Å². The highest BCUT2D eigenvalue weighted by molar-refractivity contribution is 6.18. The summed E-state index contributed by atoms with van der Waals surface area (Å²) in [6, 6.07) is 15.0. The molecule has 0 aliphatic heterocycles. The van der Waals surface area contributed by atoms with E-state index in [2.05, 4.69) is 5.32 Å². The Bertz CT molecular complexity index is 1100. The zero-order valence-electron chi connectivity index (χ0n) is 19.6. The zero-order chi connectivity index (χ0) is 26.0. The fourth-order valence-corrected chi connectivity index (χ4v) is 3.38. The third-order valence-corrected chi connectivity index (χ3v) is 5.04. The van der Waals surface area contributed by atoms with Crippen molar-refractivity contribution in [3.05, 3.63) is 59.7 Å². The third kappa shape index (κ3) is 7.83. The summed E-state index contributed by atoms with van der Waals surface area (Å²) in [5.74, 6) is -3.32. The molecule has 1 N–H and O–H groups in total. The second-order valence-corrected chi connectivity index (χ2v) is 7.82. The number of hydrogen-bond acceptors (Lipinski definition) is 7. The van der Waals surface area contributed by atoms with Gasteiger partial charge < -0.3 is 19.7 Å². The Hall–Kier alpha value is -3.90. The van der Waals surface area contributed by atoms with Crippen molar-refractivity contribution in [1.29, 1.82) is 5.26 Å². The maximum atomic E-state index is 13.6. The van der Waals surface area contributed by atoms with Crippen molar-refractivity contribution < 1.29 is 28.7 Å². The number of carbonyl (C=O) groups is 4. The van der Waals surface area contributed by atoms with E-state index in [0.717, 1.165) is 25.8 Å². The molecule has 2 aromatic carbocycles. The average molecular weight is 500 g/mol. The van der Waals surface area contributed by atoms with E-state index in [4.69, 9.17) is 26.3 Å². The van der Waals surface area contributed by atoms with Gasteiger partial charge in [0.25, 0.3) is 11.8 Å². The summed E-state index contributed by atoms with van der Waals surface area (Å²) in [7, 11) is 0. The molecule has 0 aromatic heterocycles. The summed E-state index contributed by atoms with van der Waals surface area (Å²) in [5, 5.41) is 11.5. The largest absolute Gasteiger partial charge is 0.448 e. The van der Waals surface area contributed by atoms with Crippen molar-refractivity contribution in [2.45, 2.75) is 39.4 Å². The Morgan fingerprint density at radius 2 is 1.54 bits per heavy atom. The highest BCUT2D eigenvalue weighted by Crippen LogP contribution is 2.21. The quantitative estimate of drug-likeness (QED) is 0.393. The summed E-state index contributed by atoms with van der Waals surface area (Å²) in [6.07, 6.45) is -2.76. The molecule has 0 fully saturated rings. The normalized spacial score (nSPS) is 12.0. The smallest absolute Gasteiger partial charge is 0.303 e. The lowest BCUT2D eigenvalue weighted by Crippen LogP contribution is -2.53. The van der Waals surface area contributed by atoms with Gasteiger partial charge in [0.05, 0.1) is 11.6 Å². The van der Waals surface area contributed by atoms with E-state index >= 15 is 0 Å². The van der Waals surface area contributed by atoms with Gasteiger partial charge in [0.15, 0.2) is 0 Å². The highest BCUT2D eigenvalue weighted by atomic mass is 35.5. The summed E-state index contributed by atoms with van der Waals surface area (Å²) in [4.78, 5) is 51.6. The van der Waals surface area contributed by atoms with Crippen LogP contribution in [0, 0.1) is 11.3 Å². The fourth-order valence-electron chi connectivity index (χ4n) is 3.21. The molecule has 2 aromatic rings. The molecule has 0 saturated carbocycles. The standard InChI is InChI=1S/C25H26ClN3O6/c1-4-18-7-11-21(12-8-18)29(14-13-26)25(33)23(35-17(3)31)22(34-16(2)30)24(32)28-20-9-5-19(15-27)6-10-20/h5-12,22-23H,4,13-14H2,1-3H3,(H,28,32)/t22-,23-/m1/s1. The Labute approximate surface area is 208 Å². The number of nitrogens with zero attached hydrogens (tertiary/aromatic N) is 2. The van der Waals surface area contributed by atoms with Crippen molar-refractivity contribution in [3.8, 4) is 6.07 Å². The predicted octanol–water partition coefficient (Wildman–Crippen LogP) is 3.19. The number of hydrogen-bond donors (Lipinski definition) is 1. The van der Waals surface area contributed by atoms with Crippen molar-refractivity contribution in [2.75, 3.05) is 22.6 Å². The molecule has 0 aliphatic rings. The van der Waals surface area contributed by atoms with Crippen LogP contribution in [0.1, 0.15) is 31.9 Å². The number of halogens is 1. The van der Waals surface area contributed by atoms with E-state index in [1.165, 1.54) is 29.2 Å². The third-order valence-electron chi connectivity index (χ3n) is 4.87. The van der Waals surface area contributed by atoms with Gasteiger partial charge in [-0.3, -0.25) is 19.2 Å². The van der Waals surface area contributed by atoms with Gasteiger partial charge in [-0.25, -0.2) is 0 Å². The van der Waals surface area contributed by atoms with Gasteiger partial charge in [-0.2, -0.15) is 5.26 Å². The van der Waals surface area contributed by atoms with E-state index in [1.807, 2.05) is 25.1 Å². The minimum absolute atomic E-state index is 0.0493. The number of alkyl halides is 1. The number of ether oxygens (including phenoxy) is 2. The Kier molecular flexibility index (Phi) is 10.2. The molecule has 0 aliphatic carbocycles. The molecular weight excluding hydrogens is 474 g/mol. The molecule has 0 saturated heterocycles. The molecule has 184 valence electrons. The fraction of sp³-hybridized carbons (Fsp3) is 0.320. The molecule has 35 heavy (non-hydrogen) atoms. The average Bonchev–Trinajstić information content (AvgIpc) is 2.84. The van der Waals surface area contributed by atoms with Crippen LogP contribution in [0.15, 0.2) is 48.5 Å². The van der Waals surface area contributed by atoms with Crippen LogP contribution in [0.25, 0.3) is 0 Å². The summed E-state index contributed by atoms with van der Waals surface area (Å²) < 4.78 is 10.4. The van der Waals surface area contributed by atoms with Gasteiger partial charge in [-0.15, -0.1) is 11.6 Å². The Morgan fingerprint density at radius 3 is 2.03 bits per heavy atom. The van der Waals surface area contributed by atoms with Crippen LogP contribution in [0.4, 0.5) is 11.4 Å². The lowest BCUT2D eigenvalue weighted by atomic mass is 10.1. The van der Waals surface area contributed by atoms with Crippen LogP contribution in [0.5, 0.6) is 0 Å². The predicted molar refractivity (Wildman–Crippen MR) is 130 cm³/mol. The summed E-state index contributed by atoms with van der Waals surface area (Å²) in [6.45, 7) is 4.18. The van der Waals surface area contributed by atoms with Gasteiger partial charge in [0.2, 0.25) is 12.2 Å². The van der Waals surface area contributed by atoms with E-state index in [9.17, 15) is 19.2 Å². The molecule has 2 rings (SSSR count). The maximum Gasteiger partial charge on any atom is 0.303 e. The summed E-state index contributed by atoms with van der Waals surface area (Å²) in [5.41, 5.74) is 2.17. The second-order valence-electron chi connectivity index (χ2n) is 7.44. The number of rotatable bonds is 10. The molecule has 2 amide bonds. The Balaban J connectivity index is 2.43. The molecule has 2 atom stereocenters. The topological polar surface area (TPSA) is 126 Å². The number of anilines is 2. The van der Waals surface area contributed by atoms with Crippen LogP contribution in [-0.2, 0) is 35.1 Å². The number of benzene rings is 2. The molecular formula is C25H26ClN3O6. The van der Waals surface area contributed by atoms with Crippen molar-refractivity contribution in [3.63, 3.8) is 0 Å². The monoisotopic (exact) mass is 499 g/mol. The van der Waals surface area contributed by atoms with Crippen molar-refractivity contribution in [2.24, 2.45) is 0 Å². The van der Waals surface area contributed by atoms with Crippen LogP contribution >= 0.6 is 11.6 Å². The number of esters is 2. The first-order valence-corrected chi connectivity index (χ1v) is 11.3. The SMILES string of the molecule is CCc1ccc(N(CCCl)C(=O)[C@H](OC(C)=O)[C@@H](OC(C)=O)C(=O)Nc2ccc(C#N)cc2)cc1. The molecule has 0 spiro atoms. The van der Waals surface area contributed by atoms with Gasteiger partial charge in [0.1, 0.15) is 0 Å². The van der Waals surface area contributed by atoms with Gasteiger partial charge in [-0.1, -0.05) is 19.1 Å².